The van der Waals surface area contributed by atoms with Crippen molar-refractivity contribution in [1.82, 2.24) is 0 Å². The summed E-state index contributed by atoms with van der Waals surface area (Å²) < 4.78 is 23.5. The average Bonchev–Trinajstić information content (AvgIpc) is 1.93. The van der Waals surface area contributed by atoms with Crippen LogP contribution in [0, 0.1) is 0 Å². The fraction of sp³-hybridized carbons (Fsp3) is 0.714. The largest absolute Gasteiger partial charge is 0.265 e. The van der Waals surface area contributed by atoms with Crippen molar-refractivity contribution in [1.29, 1.82) is 0 Å². The van der Waals surface area contributed by atoms with E-state index in [0.717, 1.165) is 0 Å². The lowest BCUT2D eigenvalue weighted by Crippen LogP contribution is -2.07. The van der Waals surface area contributed by atoms with Crippen LogP contribution in [0.15, 0.2) is 12.7 Å². The van der Waals surface area contributed by atoms with Crippen molar-refractivity contribution in [2.45, 2.75) is 33.1 Å². The first-order valence-corrected chi connectivity index (χ1v) is 3.14. The Balaban J connectivity index is 0. The smallest absolute Gasteiger partial charge is 0.202 e. The predicted octanol–water partition coefficient (Wildman–Crippen LogP) is 3.24. The van der Waals surface area contributed by atoms with Crippen molar-refractivity contribution >= 4 is 0 Å². The zero-order valence-electron chi connectivity index (χ0n) is 6.25. The van der Waals surface area contributed by atoms with Crippen molar-refractivity contribution in [3.63, 3.8) is 0 Å². The number of alkyl halides is 2. The monoisotopic (exact) mass is 136 g/mol. The van der Waals surface area contributed by atoms with Crippen LogP contribution in [0.5, 0.6) is 0 Å². The van der Waals surface area contributed by atoms with E-state index in [-0.39, 0.29) is 6.42 Å². The van der Waals surface area contributed by atoms with E-state index in [4.69, 9.17) is 0 Å². The van der Waals surface area contributed by atoms with Crippen molar-refractivity contribution in [2.24, 2.45) is 0 Å². The van der Waals surface area contributed by atoms with Crippen molar-refractivity contribution in [3.8, 4) is 0 Å². The van der Waals surface area contributed by atoms with Crippen LogP contribution in [0.3, 0.4) is 0 Å². The first-order chi connectivity index (χ1) is 4.12. The number of hydrogen-bond donors (Lipinski definition) is 0. The Kier molecular flexibility index (Phi) is 7.26. The lowest BCUT2D eigenvalue weighted by Gasteiger charge is -2.04. The Hall–Kier alpha value is -0.400. The van der Waals surface area contributed by atoms with E-state index < -0.39 is 5.92 Å². The van der Waals surface area contributed by atoms with Crippen molar-refractivity contribution in [3.05, 3.63) is 12.7 Å². The van der Waals surface area contributed by atoms with Gasteiger partial charge in [0.2, 0.25) is 0 Å². The lowest BCUT2D eigenvalue weighted by atomic mass is 10.3. The molecule has 0 spiro atoms. The molecule has 56 valence electrons. The summed E-state index contributed by atoms with van der Waals surface area (Å²) in [4.78, 5) is 0. The zero-order chi connectivity index (χ0) is 7.91. The molecule has 2 heteroatoms. The van der Waals surface area contributed by atoms with Crippen molar-refractivity contribution in [2.75, 3.05) is 0 Å². The van der Waals surface area contributed by atoms with E-state index in [1.807, 2.05) is 13.8 Å². The summed E-state index contributed by atoms with van der Waals surface area (Å²) in [5.74, 6) is -2.65. The first kappa shape index (κ1) is 11.4. The Morgan fingerprint density at radius 3 is 1.78 bits per heavy atom. The molecule has 0 rings (SSSR count). The maximum atomic E-state index is 11.8. The van der Waals surface area contributed by atoms with E-state index in [9.17, 15) is 8.78 Å². The van der Waals surface area contributed by atoms with Crippen LogP contribution < -0.4 is 0 Å². The molecule has 0 N–H and O–H groups in total. The van der Waals surface area contributed by atoms with Crippen LogP contribution in [-0.4, -0.2) is 5.92 Å². The quantitative estimate of drug-likeness (QED) is 0.511. The molecule has 0 aliphatic carbocycles. The van der Waals surface area contributed by atoms with Crippen LogP contribution in [0.2, 0.25) is 0 Å². The first-order valence-electron chi connectivity index (χ1n) is 3.14. The third-order valence-electron chi connectivity index (χ3n) is 0.770. The molecular formula is C7H14F2. The third kappa shape index (κ3) is 7.60. The fourth-order valence-corrected chi connectivity index (χ4v) is 0.144. The van der Waals surface area contributed by atoms with Gasteiger partial charge in [-0.2, -0.15) is 0 Å². The van der Waals surface area contributed by atoms with Gasteiger partial charge in [0.1, 0.15) is 0 Å². The van der Waals surface area contributed by atoms with Gasteiger partial charge in [0.25, 0.3) is 5.92 Å². The minimum Gasteiger partial charge on any atom is -0.202 e. The second kappa shape index (κ2) is 5.73. The molecule has 0 unspecified atom stereocenters. The van der Waals surface area contributed by atoms with Gasteiger partial charge in [-0.1, -0.05) is 27.4 Å². The molecule has 0 aromatic rings. The van der Waals surface area contributed by atoms with Gasteiger partial charge in [0.15, 0.2) is 0 Å². The van der Waals surface area contributed by atoms with E-state index >= 15 is 0 Å². The van der Waals surface area contributed by atoms with E-state index in [2.05, 4.69) is 6.58 Å². The lowest BCUT2D eigenvalue weighted by molar-refractivity contribution is 0.0515. The summed E-state index contributed by atoms with van der Waals surface area (Å²) in [6, 6.07) is 0. The number of rotatable bonds is 2. The number of hydrogen-bond acceptors (Lipinski definition) is 0. The van der Waals surface area contributed by atoms with Gasteiger partial charge in [-0.15, -0.1) is 0 Å². The molecule has 0 amide bonds. The van der Waals surface area contributed by atoms with Gasteiger partial charge in [-0.25, -0.2) is 8.78 Å². The Morgan fingerprint density at radius 1 is 1.44 bits per heavy atom. The highest BCUT2D eigenvalue weighted by molar-refractivity contribution is 4.84. The summed E-state index contributed by atoms with van der Waals surface area (Å²) in [5, 5.41) is 0. The van der Waals surface area contributed by atoms with Crippen LogP contribution in [-0.2, 0) is 0 Å². The molecule has 0 fully saturated rings. The second-order valence-electron chi connectivity index (χ2n) is 1.32. The predicted molar refractivity (Wildman–Crippen MR) is 36.8 cm³/mol. The van der Waals surface area contributed by atoms with Gasteiger partial charge >= 0.3 is 0 Å². The van der Waals surface area contributed by atoms with E-state index in [0.29, 0.717) is 6.08 Å². The van der Waals surface area contributed by atoms with Crippen molar-refractivity contribution < 1.29 is 8.78 Å². The molecule has 0 heterocycles. The second-order valence-corrected chi connectivity index (χ2v) is 1.32. The SMILES string of the molecule is C=CC(F)(F)CC.CC. The molecule has 0 aromatic heterocycles. The van der Waals surface area contributed by atoms with Gasteiger partial charge in [-0.3, -0.25) is 0 Å². The zero-order valence-corrected chi connectivity index (χ0v) is 6.25. The molecule has 0 atom stereocenters. The molecule has 0 radical (unpaired) electrons. The Bertz CT molecular complexity index is 67.3. The highest BCUT2D eigenvalue weighted by Crippen LogP contribution is 2.17. The standard InChI is InChI=1S/C5H8F2.C2H6/c1-3-5(6,7)4-2;1-2/h3H,1,4H2,2H3;1-2H3. The summed E-state index contributed by atoms with van der Waals surface area (Å²) >= 11 is 0. The molecule has 0 saturated heterocycles. The number of allylic oxidation sites excluding steroid dienone is 1. The fourth-order valence-electron chi connectivity index (χ4n) is 0.144. The molecule has 0 aromatic carbocycles. The van der Waals surface area contributed by atoms with Gasteiger partial charge in [-0.05, 0) is 6.08 Å². The topological polar surface area (TPSA) is 0 Å². The molecule has 9 heavy (non-hydrogen) atoms. The molecule has 0 aliphatic heterocycles. The minimum absolute atomic E-state index is 0.156. The van der Waals surface area contributed by atoms with Gasteiger partial charge in [0, 0.05) is 6.42 Å². The van der Waals surface area contributed by atoms with Crippen LogP contribution in [0.25, 0.3) is 0 Å². The van der Waals surface area contributed by atoms with Gasteiger partial charge < -0.3 is 0 Å². The average molecular weight is 136 g/mol. The third-order valence-corrected chi connectivity index (χ3v) is 0.770. The normalized spacial score (nSPS) is 9.44. The molecule has 0 aliphatic rings. The van der Waals surface area contributed by atoms with E-state index in [1.165, 1.54) is 6.92 Å². The summed E-state index contributed by atoms with van der Waals surface area (Å²) in [7, 11) is 0. The maximum Gasteiger partial charge on any atom is 0.265 e. The van der Waals surface area contributed by atoms with Crippen LogP contribution in [0.1, 0.15) is 27.2 Å². The molecule has 0 saturated carbocycles. The number of halogens is 2. The molecule has 0 nitrogen and oxygen atoms in total. The van der Waals surface area contributed by atoms with Crippen LogP contribution in [0.4, 0.5) is 8.78 Å². The maximum absolute atomic E-state index is 11.8. The minimum atomic E-state index is -2.65. The summed E-state index contributed by atoms with van der Waals surface area (Å²) in [6.45, 7) is 8.37. The molecule has 0 bridgehead atoms. The highest BCUT2D eigenvalue weighted by Gasteiger charge is 2.19. The summed E-state index contributed by atoms with van der Waals surface area (Å²) in [6.07, 6.45) is 0.503. The Labute approximate surface area is 55.6 Å². The van der Waals surface area contributed by atoms with Crippen LogP contribution >= 0.6 is 0 Å². The molecular weight excluding hydrogens is 122 g/mol. The van der Waals surface area contributed by atoms with Gasteiger partial charge in [0.05, 0.1) is 0 Å². The van der Waals surface area contributed by atoms with E-state index in [1.54, 1.807) is 0 Å². The Morgan fingerprint density at radius 2 is 1.78 bits per heavy atom. The highest BCUT2D eigenvalue weighted by atomic mass is 19.3. The summed E-state index contributed by atoms with van der Waals surface area (Å²) in [5.41, 5.74) is 0.